The van der Waals surface area contributed by atoms with Gasteiger partial charge in [-0.1, -0.05) is 36.4 Å². The van der Waals surface area contributed by atoms with Crippen molar-refractivity contribution >= 4 is 5.91 Å². The van der Waals surface area contributed by atoms with Gasteiger partial charge in [0.15, 0.2) is 0 Å². The van der Waals surface area contributed by atoms with E-state index in [-0.39, 0.29) is 11.9 Å². The molecule has 1 aliphatic heterocycles. The highest BCUT2D eigenvalue weighted by Gasteiger charge is 2.27. The van der Waals surface area contributed by atoms with Gasteiger partial charge in [-0.3, -0.25) is 9.69 Å². The number of methoxy groups -OCH3 is 1. The van der Waals surface area contributed by atoms with Crippen LogP contribution in [0.25, 0.3) is 0 Å². The first kappa shape index (κ1) is 19.3. The highest BCUT2D eigenvalue weighted by molar-refractivity contribution is 5.96. The number of aromatic nitrogens is 1. The Morgan fingerprint density at radius 1 is 1.07 bits per heavy atom. The van der Waals surface area contributed by atoms with Gasteiger partial charge in [-0.25, -0.2) is 0 Å². The molecule has 1 amide bonds. The van der Waals surface area contributed by atoms with E-state index in [0.29, 0.717) is 17.9 Å². The predicted octanol–water partition coefficient (Wildman–Crippen LogP) is 3.56. The van der Waals surface area contributed by atoms with E-state index in [9.17, 15) is 4.79 Å². The number of hydrogen-bond acceptors (Lipinski definition) is 3. The van der Waals surface area contributed by atoms with Gasteiger partial charge >= 0.3 is 0 Å². The minimum absolute atomic E-state index is 0.0991. The largest absolute Gasteiger partial charge is 0.496 e. The van der Waals surface area contributed by atoms with Crippen molar-refractivity contribution in [2.75, 3.05) is 20.2 Å². The number of nitrogens with zero attached hydrogens (tertiary/aromatic N) is 2. The summed E-state index contributed by atoms with van der Waals surface area (Å²) in [6.07, 6.45) is 3.08. The second-order valence-corrected chi connectivity index (χ2v) is 7.46. The number of para-hydroxylation sites is 1. The lowest BCUT2D eigenvalue weighted by Gasteiger charge is -2.36. The van der Waals surface area contributed by atoms with E-state index < -0.39 is 0 Å². The molecule has 5 nitrogen and oxygen atoms in total. The summed E-state index contributed by atoms with van der Waals surface area (Å²) in [7, 11) is 3.65. The quantitative estimate of drug-likeness (QED) is 0.701. The normalized spacial score (nSPS) is 14.8. The molecule has 150 valence electrons. The first-order valence-corrected chi connectivity index (χ1v) is 10.0. The first-order valence-electron chi connectivity index (χ1n) is 10.0. The number of nitrogens with one attached hydrogen (secondary N) is 1. The number of carbonyl (C=O) groups is 1. The van der Waals surface area contributed by atoms with Crippen molar-refractivity contribution in [1.82, 2.24) is 14.8 Å². The molecule has 0 bridgehead atoms. The Morgan fingerprint density at radius 3 is 2.59 bits per heavy atom. The van der Waals surface area contributed by atoms with E-state index in [1.165, 1.54) is 16.8 Å². The van der Waals surface area contributed by atoms with E-state index in [1.807, 2.05) is 18.2 Å². The third-order valence-electron chi connectivity index (χ3n) is 5.73. The molecule has 1 aromatic heterocycles. The molecule has 29 heavy (non-hydrogen) atoms. The Balaban J connectivity index is 1.55. The predicted molar refractivity (Wildman–Crippen MR) is 114 cm³/mol. The van der Waals surface area contributed by atoms with Crippen LogP contribution in [0.3, 0.4) is 0 Å². The third kappa shape index (κ3) is 4.05. The van der Waals surface area contributed by atoms with E-state index in [4.69, 9.17) is 4.74 Å². The van der Waals surface area contributed by atoms with Crippen molar-refractivity contribution in [1.29, 1.82) is 0 Å². The summed E-state index contributed by atoms with van der Waals surface area (Å²) >= 11 is 0. The number of hydrogen-bond donors (Lipinski definition) is 1. The Hall–Kier alpha value is -3.05. The smallest absolute Gasteiger partial charge is 0.255 e. The van der Waals surface area contributed by atoms with Crippen molar-refractivity contribution in [2.24, 2.45) is 7.05 Å². The molecule has 1 N–H and O–H groups in total. The number of aryl methyl sites for hydroxylation is 1. The summed E-state index contributed by atoms with van der Waals surface area (Å²) in [5, 5.41) is 3.14. The zero-order valence-corrected chi connectivity index (χ0v) is 17.0. The van der Waals surface area contributed by atoms with Crippen molar-refractivity contribution < 1.29 is 9.53 Å². The molecule has 1 atom stereocenters. The third-order valence-corrected chi connectivity index (χ3v) is 5.73. The molecule has 0 aliphatic carbocycles. The van der Waals surface area contributed by atoms with Crippen molar-refractivity contribution in [3.05, 3.63) is 89.2 Å². The van der Waals surface area contributed by atoms with Crippen LogP contribution < -0.4 is 10.1 Å². The molecular weight excluding hydrogens is 362 g/mol. The maximum absolute atomic E-state index is 12.8. The summed E-state index contributed by atoms with van der Waals surface area (Å²) in [6.45, 7) is 2.39. The summed E-state index contributed by atoms with van der Waals surface area (Å²) in [5.74, 6) is 0.478. The monoisotopic (exact) mass is 389 g/mol. The highest BCUT2D eigenvalue weighted by Crippen LogP contribution is 2.28. The fourth-order valence-corrected chi connectivity index (χ4v) is 4.14. The van der Waals surface area contributed by atoms with E-state index in [1.54, 1.807) is 13.2 Å². The van der Waals surface area contributed by atoms with Crippen LogP contribution in [0.4, 0.5) is 0 Å². The number of fused-ring (bicyclic) bond motifs is 1. The summed E-state index contributed by atoms with van der Waals surface area (Å²) in [5.41, 5.74) is 4.55. The van der Waals surface area contributed by atoms with E-state index >= 15 is 0 Å². The average molecular weight is 389 g/mol. The van der Waals surface area contributed by atoms with Crippen LogP contribution in [-0.2, 0) is 20.0 Å². The summed E-state index contributed by atoms with van der Waals surface area (Å²) < 4.78 is 7.48. The molecule has 0 fully saturated rings. The van der Waals surface area contributed by atoms with Crippen LogP contribution in [0.15, 0.2) is 66.9 Å². The molecule has 0 spiro atoms. The lowest BCUT2D eigenvalue weighted by molar-refractivity contribution is 0.0922. The molecule has 4 rings (SSSR count). The minimum atomic E-state index is -0.112. The van der Waals surface area contributed by atoms with Crippen LogP contribution in [0.1, 0.15) is 33.2 Å². The van der Waals surface area contributed by atoms with Gasteiger partial charge in [0.05, 0.1) is 18.7 Å². The maximum atomic E-state index is 12.8. The van der Waals surface area contributed by atoms with Crippen molar-refractivity contribution in [3.8, 4) is 5.75 Å². The molecule has 0 saturated carbocycles. The Morgan fingerprint density at radius 2 is 1.83 bits per heavy atom. The lowest BCUT2D eigenvalue weighted by atomic mass is 9.97. The van der Waals surface area contributed by atoms with Gasteiger partial charge in [-0.15, -0.1) is 0 Å². The molecular formula is C24H27N3O2. The van der Waals surface area contributed by atoms with Crippen LogP contribution in [0, 0.1) is 0 Å². The average Bonchev–Trinajstić information content (AvgIpc) is 3.19. The summed E-state index contributed by atoms with van der Waals surface area (Å²) in [4.78, 5) is 15.3. The van der Waals surface area contributed by atoms with Crippen LogP contribution in [0.5, 0.6) is 5.75 Å². The first-order chi connectivity index (χ1) is 14.2. The number of carbonyl (C=O) groups excluding carboxylic acids is 1. The van der Waals surface area contributed by atoms with Gasteiger partial charge in [0.25, 0.3) is 5.91 Å². The van der Waals surface area contributed by atoms with Gasteiger partial charge in [-0.05, 0) is 41.8 Å². The molecule has 5 heteroatoms. The molecule has 3 aromatic rings. The molecule has 0 radical (unpaired) electrons. The Kier molecular flexibility index (Phi) is 5.67. The van der Waals surface area contributed by atoms with Gasteiger partial charge in [0, 0.05) is 38.6 Å². The zero-order valence-electron chi connectivity index (χ0n) is 17.0. The van der Waals surface area contributed by atoms with Crippen molar-refractivity contribution in [2.45, 2.75) is 19.0 Å². The van der Waals surface area contributed by atoms with Crippen LogP contribution in [-0.4, -0.2) is 35.6 Å². The molecule has 2 aromatic carbocycles. The number of ether oxygens (including phenoxy) is 1. The maximum Gasteiger partial charge on any atom is 0.255 e. The SMILES string of the molecule is COc1ccccc1C(=O)NCC(c1cccn1C)N1CCc2ccccc2C1. The van der Waals surface area contributed by atoms with Crippen LogP contribution >= 0.6 is 0 Å². The van der Waals surface area contributed by atoms with E-state index in [0.717, 1.165) is 19.5 Å². The molecule has 1 unspecified atom stereocenters. The summed E-state index contributed by atoms with van der Waals surface area (Å²) in [6, 6.07) is 20.3. The minimum Gasteiger partial charge on any atom is -0.496 e. The lowest BCUT2D eigenvalue weighted by Crippen LogP contribution is -2.41. The standard InChI is InChI=1S/C24H27N3O2/c1-26-14-7-11-21(26)22(27-15-13-18-8-3-4-9-19(18)17-27)16-25-24(28)20-10-5-6-12-23(20)29-2/h3-12,14,22H,13,15-17H2,1-2H3,(H,25,28). The van der Waals surface area contributed by atoms with Gasteiger partial charge in [-0.2, -0.15) is 0 Å². The zero-order chi connectivity index (χ0) is 20.2. The van der Waals surface area contributed by atoms with E-state index in [2.05, 4.69) is 64.4 Å². The van der Waals surface area contributed by atoms with Gasteiger partial charge in [0.1, 0.15) is 5.75 Å². The fourth-order valence-electron chi connectivity index (χ4n) is 4.14. The second-order valence-electron chi connectivity index (χ2n) is 7.46. The van der Waals surface area contributed by atoms with Gasteiger partial charge < -0.3 is 14.6 Å². The molecule has 1 aliphatic rings. The van der Waals surface area contributed by atoms with Crippen LogP contribution in [0.2, 0.25) is 0 Å². The number of amides is 1. The van der Waals surface area contributed by atoms with Crippen molar-refractivity contribution in [3.63, 3.8) is 0 Å². The number of benzene rings is 2. The topological polar surface area (TPSA) is 46.5 Å². The molecule has 0 saturated heterocycles. The second kappa shape index (κ2) is 8.53. The highest BCUT2D eigenvalue weighted by atomic mass is 16.5. The molecule has 2 heterocycles. The van der Waals surface area contributed by atoms with Gasteiger partial charge in [0.2, 0.25) is 0 Å². The Labute approximate surface area is 171 Å². The number of rotatable bonds is 6. The Bertz CT molecular complexity index is 995. The fraction of sp³-hybridized carbons (Fsp3) is 0.292.